The molecule has 3 aromatic carbocycles. The van der Waals surface area contributed by atoms with E-state index in [9.17, 15) is 4.79 Å². The van der Waals surface area contributed by atoms with Gasteiger partial charge in [-0.05, 0) is 42.7 Å². The Kier molecular flexibility index (Phi) is 7.75. The SMILES string of the molecule is O=C(O[C@H]1C[N+]2(CCSc3ccccc3)CCCC1CC2)C(Nc1ccccc1)c1ccccc1. The van der Waals surface area contributed by atoms with Crippen molar-refractivity contribution in [3.05, 3.63) is 96.6 Å². The molecule has 182 valence electrons. The maximum Gasteiger partial charge on any atom is 0.333 e. The van der Waals surface area contributed by atoms with Crippen LogP contribution in [0.3, 0.4) is 0 Å². The van der Waals surface area contributed by atoms with Gasteiger partial charge < -0.3 is 14.5 Å². The van der Waals surface area contributed by atoms with Gasteiger partial charge in [0.2, 0.25) is 0 Å². The predicted octanol–water partition coefficient (Wildman–Crippen LogP) is 6.17. The molecule has 0 saturated carbocycles. The van der Waals surface area contributed by atoms with E-state index >= 15 is 0 Å². The number of carbonyl (C=O) groups is 1. The summed E-state index contributed by atoms with van der Waals surface area (Å²) in [6.07, 6.45) is 3.52. The number of benzene rings is 3. The van der Waals surface area contributed by atoms with E-state index in [2.05, 4.69) is 35.6 Å². The van der Waals surface area contributed by atoms with Crippen LogP contribution < -0.4 is 5.32 Å². The highest BCUT2D eigenvalue weighted by Gasteiger charge is 2.45. The van der Waals surface area contributed by atoms with Crippen molar-refractivity contribution >= 4 is 23.4 Å². The summed E-state index contributed by atoms with van der Waals surface area (Å²) >= 11 is 1.94. The van der Waals surface area contributed by atoms with Crippen molar-refractivity contribution in [3.8, 4) is 0 Å². The summed E-state index contributed by atoms with van der Waals surface area (Å²) in [4.78, 5) is 14.9. The third-order valence-corrected chi connectivity index (χ3v) is 8.57. The molecule has 3 aromatic rings. The van der Waals surface area contributed by atoms with Crippen LogP contribution in [0.25, 0.3) is 0 Å². The lowest BCUT2D eigenvalue weighted by Crippen LogP contribution is -2.58. The van der Waals surface area contributed by atoms with Gasteiger partial charge in [-0.15, -0.1) is 11.8 Å². The van der Waals surface area contributed by atoms with Crippen LogP contribution in [0.2, 0.25) is 0 Å². The van der Waals surface area contributed by atoms with Gasteiger partial charge >= 0.3 is 5.97 Å². The zero-order valence-electron chi connectivity index (χ0n) is 20.2. The number of esters is 1. The van der Waals surface area contributed by atoms with Gasteiger partial charge in [-0.1, -0.05) is 66.7 Å². The Morgan fingerprint density at radius 3 is 2.34 bits per heavy atom. The Balaban J connectivity index is 1.27. The molecule has 0 amide bonds. The number of carbonyl (C=O) groups excluding carboxylic acids is 1. The van der Waals surface area contributed by atoms with Gasteiger partial charge in [0.05, 0.1) is 19.6 Å². The van der Waals surface area contributed by atoms with E-state index in [1.807, 2.05) is 72.4 Å². The molecule has 3 unspecified atom stereocenters. The Labute approximate surface area is 213 Å². The Morgan fingerprint density at radius 2 is 1.60 bits per heavy atom. The van der Waals surface area contributed by atoms with E-state index in [1.165, 1.54) is 24.4 Å². The first-order chi connectivity index (χ1) is 17.2. The topological polar surface area (TPSA) is 38.3 Å². The van der Waals surface area contributed by atoms with E-state index in [0.717, 1.165) is 47.4 Å². The third kappa shape index (κ3) is 6.09. The lowest BCUT2D eigenvalue weighted by Gasteiger charge is -2.44. The molecular weight excluding hydrogens is 452 g/mol. The van der Waals surface area contributed by atoms with Crippen LogP contribution in [0.1, 0.15) is 30.9 Å². The average Bonchev–Trinajstić information content (AvgIpc) is 3.21. The molecule has 3 aliphatic rings. The first-order valence-corrected chi connectivity index (χ1v) is 13.8. The maximum absolute atomic E-state index is 13.6. The summed E-state index contributed by atoms with van der Waals surface area (Å²) < 4.78 is 7.44. The van der Waals surface area contributed by atoms with Gasteiger partial charge in [0.1, 0.15) is 6.54 Å². The molecule has 35 heavy (non-hydrogen) atoms. The monoisotopic (exact) mass is 487 g/mol. The lowest BCUT2D eigenvalue weighted by molar-refractivity contribution is -0.931. The maximum atomic E-state index is 13.6. The summed E-state index contributed by atoms with van der Waals surface area (Å²) in [5.74, 6) is 1.40. The normalized spacial score (nSPS) is 24.3. The largest absolute Gasteiger partial charge is 0.454 e. The zero-order valence-corrected chi connectivity index (χ0v) is 21.0. The number of hydrogen-bond donors (Lipinski definition) is 1. The molecule has 0 aliphatic carbocycles. The molecule has 3 saturated heterocycles. The molecule has 4 nitrogen and oxygen atoms in total. The summed E-state index contributed by atoms with van der Waals surface area (Å²) in [7, 11) is 0. The standard InChI is InChI=1S/C30H35N2O2S/c33-30(29(25-11-4-1-5-12-25)31-26-14-6-2-7-15-26)34-28-23-32(19-10-13-24(28)18-20-32)21-22-35-27-16-8-3-9-17-27/h1-9,11-12,14-17,24,28-29,31H,10,13,18-23H2/q+1/t24?,28-,29?,32?/m0/s1. The molecule has 2 bridgehead atoms. The molecule has 3 heterocycles. The van der Waals surface area contributed by atoms with Crippen LogP contribution in [0.4, 0.5) is 5.69 Å². The van der Waals surface area contributed by atoms with Gasteiger partial charge in [-0.3, -0.25) is 0 Å². The summed E-state index contributed by atoms with van der Waals surface area (Å²) in [5, 5.41) is 3.42. The fourth-order valence-corrected chi connectivity index (χ4v) is 6.70. The number of nitrogens with one attached hydrogen (secondary N) is 1. The van der Waals surface area contributed by atoms with Crippen LogP contribution in [0.15, 0.2) is 95.9 Å². The lowest BCUT2D eigenvalue weighted by atomic mass is 9.91. The average molecular weight is 488 g/mol. The first kappa shape index (κ1) is 24.0. The highest BCUT2D eigenvalue weighted by Crippen LogP contribution is 2.36. The van der Waals surface area contributed by atoms with Crippen LogP contribution in [0, 0.1) is 5.92 Å². The first-order valence-electron chi connectivity index (χ1n) is 12.8. The number of rotatable bonds is 9. The molecule has 3 aliphatic heterocycles. The summed E-state index contributed by atoms with van der Waals surface area (Å²) in [5.41, 5.74) is 1.86. The minimum absolute atomic E-state index is 0.00994. The van der Waals surface area contributed by atoms with Gasteiger partial charge in [0.25, 0.3) is 0 Å². The molecule has 0 spiro atoms. The molecule has 3 fully saturated rings. The van der Waals surface area contributed by atoms with Crippen molar-refractivity contribution in [2.24, 2.45) is 5.92 Å². The number of nitrogens with zero attached hydrogens (tertiary/aromatic N) is 1. The quantitative estimate of drug-likeness (QED) is 0.222. The van der Waals surface area contributed by atoms with Crippen molar-refractivity contribution in [3.63, 3.8) is 0 Å². The van der Waals surface area contributed by atoms with E-state index in [4.69, 9.17) is 4.74 Å². The molecule has 6 rings (SSSR count). The number of quaternary nitrogens is 1. The van der Waals surface area contributed by atoms with Gasteiger partial charge in [0, 0.05) is 28.7 Å². The second-order valence-electron chi connectivity index (χ2n) is 9.88. The molecule has 0 aromatic heterocycles. The van der Waals surface area contributed by atoms with E-state index in [1.54, 1.807) is 0 Å². The number of hydrogen-bond acceptors (Lipinski definition) is 4. The molecule has 1 N–H and O–H groups in total. The van der Waals surface area contributed by atoms with Gasteiger partial charge in [0.15, 0.2) is 12.1 Å². The second-order valence-corrected chi connectivity index (χ2v) is 11.0. The van der Waals surface area contributed by atoms with Crippen molar-refractivity contribution < 1.29 is 14.0 Å². The zero-order chi connectivity index (χ0) is 23.9. The fourth-order valence-electron chi connectivity index (χ4n) is 5.63. The number of piperidine rings is 1. The Hall–Kier alpha value is -2.76. The Morgan fingerprint density at radius 1 is 0.914 bits per heavy atom. The van der Waals surface area contributed by atoms with Gasteiger partial charge in [-0.2, -0.15) is 0 Å². The molecular formula is C30H35N2O2S+. The number of ether oxygens (including phenoxy) is 1. The smallest absolute Gasteiger partial charge is 0.333 e. The van der Waals surface area contributed by atoms with E-state index in [0.29, 0.717) is 5.92 Å². The van der Waals surface area contributed by atoms with Crippen LogP contribution in [-0.4, -0.2) is 48.5 Å². The minimum atomic E-state index is -0.516. The van der Waals surface area contributed by atoms with Crippen molar-refractivity contribution in [1.29, 1.82) is 0 Å². The number of fused-ring (bicyclic) bond motifs is 4. The predicted molar refractivity (Wildman–Crippen MR) is 143 cm³/mol. The van der Waals surface area contributed by atoms with Crippen LogP contribution in [0.5, 0.6) is 0 Å². The third-order valence-electron chi connectivity index (χ3n) is 7.57. The summed E-state index contributed by atoms with van der Waals surface area (Å²) in [6, 6.07) is 30.0. The minimum Gasteiger partial charge on any atom is -0.454 e. The van der Waals surface area contributed by atoms with Gasteiger partial charge in [-0.25, -0.2) is 4.79 Å². The number of para-hydroxylation sites is 1. The fraction of sp³-hybridized carbons (Fsp3) is 0.367. The number of anilines is 1. The van der Waals surface area contributed by atoms with Crippen molar-refractivity contribution in [2.75, 3.05) is 37.2 Å². The summed E-state index contributed by atoms with van der Waals surface area (Å²) in [6.45, 7) is 4.48. The van der Waals surface area contributed by atoms with E-state index < -0.39 is 6.04 Å². The molecule has 4 atom stereocenters. The Bertz CT molecular complexity index is 1080. The number of thioether (sulfide) groups is 1. The molecule has 0 radical (unpaired) electrons. The highest BCUT2D eigenvalue weighted by atomic mass is 32.2. The van der Waals surface area contributed by atoms with E-state index in [-0.39, 0.29) is 12.1 Å². The molecule has 5 heteroatoms. The van der Waals surface area contributed by atoms with Crippen LogP contribution in [-0.2, 0) is 9.53 Å². The van der Waals surface area contributed by atoms with Crippen molar-refractivity contribution in [1.82, 2.24) is 0 Å². The van der Waals surface area contributed by atoms with Crippen LogP contribution >= 0.6 is 11.8 Å². The second kappa shape index (κ2) is 11.3. The van der Waals surface area contributed by atoms with Crippen molar-refractivity contribution in [2.45, 2.75) is 36.3 Å². The highest BCUT2D eigenvalue weighted by molar-refractivity contribution is 7.99.